The van der Waals surface area contributed by atoms with Crippen LogP contribution in [0.5, 0.6) is 0 Å². The highest BCUT2D eigenvalue weighted by Gasteiger charge is 2.18. The number of piperazine rings is 1. The number of anilines is 2. The molecule has 0 aromatic heterocycles. The molecule has 3 rings (SSSR count). The average molecular weight is 387 g/mol. The van der Waals surface area contributed by atoms with E-state index >= 15 is 0 Å². The monoisotopic (exact) mass is 386 g/mol. The van der Waals surface area contributed by atoms with Crippen LogP contribution in [-0.2, 0) is 11.3 Å². The van der Waals surface area contributed by atoms with Crippen LogP contribution in [0.15, 0.2) is 48.5 Å². The van der Waals surface area contributed by atoms with Gasteiger partial charge in [-0.25, -0.2) is 4.39 Å². The van der Waals surface area contributed by atoms with Gasteiger partial charge in [0.1, 0.15) is 12.4 Å². The number of nitrogens with one attached hydrogen (secondary N) is 3. The lowest BCUT2D eigenvalue weighted by Crippen LogP contribution is -3.14. The molecule has 6 heteroatoms. The van der Waals surface area contributed by atoms with E-state index in [1.807, 2.05) is 25.2 Å². The number of nitrogens with zero attached hydrogens (tertiary/aromatic N) is 1. The Hall–Kier alpha value is -2.44. The number of likely N-dealkylation sites (N-methyl/N-ethyl adjacent to an activating group) is 2. The van der Waals surface area contributed by atoms with Crippen molar-refractivity contribution in [2.75, 3.05) is 56.5 Å². The Morgan fingerprint density at radius 3 is 2.54 bits per heavy atom. The van der Waals surface area contributed by atoms with Crippen LogP contribution < -0.4 is 20.0 Å². The van der Waals surface area contributed by atoms with E-state index in [0.717, 1.165) is 29.2 Å². The van der Waals surface area contributed by atoms with E-state index in [9.17, 15) is 9.18 Å². The predicted octanol–water partition coefficient (Wildman–Crippen LogP) is 0.204. The first kappa shape index (κ1) is 20.3. The molecule has 0 saturated carbocycles. The van der Waals surface area contributed by atoms with Crippen molar-refractivity contribution in [3.8, 4) is 0 Å². The topological polar surface area (TPSA) is 41.2 Å². The Bertz CT molecular complexity index is 772. The molecule has 2 aromatic rings. The van der Waals surface area contributed by atoms with Crippen LogP contribution in [0, 0.1) is 5.82 Å². The molecule has 0 radical (unpaired) electrons. The van der Waals surface area contributed by atoms with Gasteiger partial charge in [-0.2, -0.15) is 0 Å². The molecule has 150 valence electrons. The maximum atomic E-state index is 13.3. The summed E-state index contributed by atoms with van der Waals surface area (Å²) in [5.74, 6) is -0.283. The van der Waals surface area contributed by atoms with Gasteiger partial charge in [0.25, 0.3) is 5.91 Å². The lowest BCUT2D eigenvalue weighted by Gasteiger charge is -2.33. The lowest BCUT2D eigenvalue weighted by molar-refractivity contribution is -0.898. The molecule has 5 nitrogen and oxygen atoms in total. The van der Waals surface area contributed by atoms with Gasteiger partial charge >= 0.3 is 0 Å². The number of quaternary nitrogens is 2. The summed E-state index contributed by atoms with van der Waals surface area (Å²) >= 11 is 0. The number of rotatable bonds is 7. The quantitative estimate of drug-likeness (QED) is 0.637. The number of hydrogen-bond donors (Lipinski definition) is 3. The highest BCUT2D eigenvalue weighted by atomic mass is 19.1. The van der Waals surface area contributed by atoms with E-state index in [1.165, 1.54) is 37.5 Å². The van der Waals surface area contributed by atoms with Crippen LogP contribution in [0.25, 0.3) is 0 Å². The summed E-state index contributed by atoms with van der Waals surface area (Å²) in [6.07, 6.45) is 0. The second-order valence-electron chi connectivity index (χ2n) is 7.63. The van der Waals surface area contributed by atoms with Crippen molar-refractivity contribution in [1.29, 1.82) is 0 Å². The summed E-state index contributed by atoms with van der Waals surface area (Å²) < 4.78 is 13.3. The Kier molecular flexibility index (Phi) is 7.01. The highest BCUT2D eigenvalue weighted by molar-refractivity contribution is 5.91. The minimum atomic E-state index is -0.243. The third-order valence-corrected chi connectivity index (χ3v) is 5.34. The summed E-state index contributed by atoms with van der Waals surface area (Å²) in [6.45, 7) is 8.86. The zero-order valence-electron chi connectivity index (χ0n) is 16.8. The van der Waals surface area contributed by atoms with Crippen LogP contribution >= 0.6 is 0 Å². The first-order chi connectivity index (χ1) is 13.5. The van der Waals surface area contributed by atoms with Gasteiger partial charge in [0.05, 0.1) is 39.8 Å². The second-order valence-corrected chi connectivity index (χ2v) is 7.63. The zero-order valence-corrected chi connectivity index (χ0v) is 16.8. The Balaban J connectivity index is 1.47. The molecule has 1 aliphatic heterocycles. The Morgan fingerprint density at radius 1 is 1.18 bits per heavy atom. The number of amides is 1. The average Bonchev–Trinajstić information content (AvgIpc) is 2.68. The molecule has 0 aliphatic carbocycles. The molecule has 1 atom stereocenters. The van der Waals surface area contributed by atoms with Gasteiger partial charge in [0.15, 0.2) is 6.54 Å². The zero-order chi connectivity index (χ0) is 19.9. The third-order valence-electron chi connectivity index (χ3n) is 5.34. The van der Waals surface area contributed by atoms with Crippen molar-refractivity contribution in [3.05, 3.63) is 59.9 Å². The lowest BCUT2D eigenvalue weighted by atomic mass is 10.2. The maximum Gasteiger partial charge on any atom is 0.279 e. The molecule has 28 heavy (non-hydrogen) atoms. The molecule has 1 amide bonds. The molecule has 1 heterocycles. The predicted molar refractivity (Wildman–Crippen MR) is 110 cm³/mol. The SMILES string of the molecule is CC[NH+]1CCN(c2ccc(NC(=O)C[NH+](C)Cc3cccc(F)c3)cc2)CC1. The molecule has 1 fully saturated rings. The molecule has 2 aromatic carbocycles. The van der Waals surface area contributed by atoms with E-state index in [1.54, 1.807) is 11.0 Å². The number of hydrogen-bond acceptors (Lipinski definition) is 2. The third kappa shape index (κ3) is 5.78. The van der Waals surface area contributed by atoms with Crippen LogP contribution in [0.2, 0.25) is 0 Å². The summed E-state index contributed by atoms with van der Waals surface area (Å²) in [4.78, 5) is 17.4. The van der Waals surface area contributed by atoms with Crippen molar-refractivity contribution in [1.82, 2.24) is 0 Å². The minimum Gasteiger partial charge on any atom is -0.360 e. The molecule has 1 aliphatic rings. The Morgan fingerprint density at radius 2 is 1.89 bits per heavy atom. The molecule has 1 unspecified atom stereocenters. The summed E-state index contributed by atoms with van der Waals surface area (Å²) in [7, 11) is 1.94. The van der Waals surface area contributed by atoms with E-state index in [4.69, 9.17) is 0 Å². The van der Waals surface area contributed by atoms with Crippen molar-refractivity contribution >= 4 is 17.3 Å². The van der Waals surface area contributed by atoms with Gasteiger partial charge in [-0.05, 0) is 43.3 Å². The van der Waals surface area contributed by atoms with Gasteiger partial charge < -0.3 is 20.0 Å². The van der Waals surface area contributed by atoms with Crippen molar-refractivity contribution in [2.24, 2.45) is 0 Å². The van der Waals surface area contributed by atoms with E-state index in [0.29, 0.717) is 13.1 Å². The molecule has 0 bridgehead atoms. The Labute approximate surface area is 166 Å². The molecular formula is C22H31FN4O+2. The summed E-state index contributed by atoms with van der Waals surface area (Å²) in [5.41, 5.74) is 2.91. The van der Waals surface area contributed by atoms with Crippen LogP contribution in [0.3, 0.4) is 0 Å². The standard InChI is InChI=1S/C22H29FN4O/c1-3-26-11-13-27(14-12-26)21-9-7-20(8-10-21)24-22(28)17-25(2)16-18-5-4-6-19(23)15-18/h4-10,15H,3,11-14,16-17H2,1-2H3,(H,24,28)/p+2. The normalized spacial score (nSPS) is 16.0. The summed E-state index contributed by atoms with van der Waals surface area (Å²) in [6, 6.07) is 14.6. The van der Waals surface area contributed by atoms with Gasteiger partial charge in [-0.1, -0.05) is 12.1 Å². The van der Waals surface area contributed by atoms with Gasteiger partial charge in [0, 0.05) is 16.9 Å². The molecular weight excluding hydrogens is 355 g/mol. The number of carbonyl (C=O) groups excluding carboxylic acids is 1. The maximum absolute atomic E-state index is 13.3. The first-order valence-corrected chi connectivity index (χ1v) is 10.1. The first-order valence-electron chi connectivity index (χ1n) is 10.1. The highest BCUT2D eigenvalue weighted by Crippen LogP contribution is 2.17. The van der Waals surface area contributed by atoms with E-state index < -0.39 is 0 Å². The molecule has 0 spiro atoms. The minimum absolute atomic E-state index is 0.0400. The second kappa shape index (κ2) is 9.66. The number of carbonyl (C=O) groups is 1. The number of halogens is 1. The summed E-state index contributed by atoms with van der Waals surface area (Å²) in [5, 5.41) is 2.96. The molecule has 1 saturated heterocycles. The fourth-order valence-corrected chi connectivity index (χ4v) is 3.73. The van der Waals surface area contributed by atoms with Crippen LogP contribution in [0.1, 0.15) is 12.5 Å². The largest absolute Gasteiger partial charge is 0.360 e. The van der Waals surface area contributed by atoms with Gasteiger partial charge in [-0.3, -0.25) is 4.79 Å². The van der Waals surface area contributed by atoms with Crippen LogP contribution in [0.4, 0.5) is 15.8 Å². The van der Waals surface area contributed by atoms with E-state index in [-0.39, 0.29) is 11.7 Å². The van der Waals surface area contributed by atoms with Crippen LogP contribution in [-0.4, -0.2) is 52.2 Å². The fourth-order valence-electron chi connectivity index (χ4n) is 3.73. The fraction of sp³-hybridized carbons (Fsp3) is 0.409. The van der Waals surface area contributed by atoms with Crippen molar-refractivity contribution < 1.29 is 19.0 Å². The van der Waals surface area contributed by atoms with Crippen molar-refractivity contribution in [2.45, 2.75) is 13.5 Å². The van der Waals surface area contributed by atoms with Crippen molar-refractivity contribution in [3.63, 3.8) is 0 Å². The smallest absolute Gasteiger partial charge is 0.279 e. The van der Waals surface area contributed by atoms with Gasteiger partial charge in [0.2, 0.25) is 0 Å². The molecule has 3 N–H and O–H groups in total. The number of benzene rings is 2. The van der Waals surface area contributed by atoms with Gasteiger partial charge in [-0.15, -0.1) is 0 Å². The van der Waals surface area contributed by atoms with E-state index in [2.05, 4.69) is 29.3 Å².